The lowest BCUT2D eigenvalue weighted by Crippen LogP contribution is -2.26. The number of anilines is 1. The maximum absolute atomic E-state index is 11.0. The third-order valence-corrected chi connectivity index (χ3v) is 3.28. The summed E-state index contributed by atoms with van der Waals surface area (Å²) in [6.07, 6.45) is 0.600. The highest BCUT2D eigenvalue weighted by Gasteiger charge is 2.16. The van der Waals surface area contributed by atoms with Crippen molar-refractivity contribution in [1.29, 1.82) is 0 Å². The predicted molar refractivity (Wildman–Crippen MR) is 82.5 cm³/mol. The zero-order valence-electron chi connectivity index (χ0n) is 11.8. The van der Waals surface area contributed by atoms with Gasteiger partial charge < -0.3 is 10.4 Å². The molecule has 0 heterocycles. The van der Waals surface area contributed by atoms with Gasteiger partial charge in [-0.15, -0.1) is 0 Å². The molecule has 0 aromatic heterocycles. The maximum atomic E-state index is 11.0. The van der Waals surface area contributed by atoms with Crippen molar-refractivity contribution in [2.75, 3.05) is 11.9 Å². The van der Waals surface area contributed by atoms with Crippen LogP contribution in [-0.2, 0) is 6.42 Å². The molecule has 110 valence electrons. The number of nitrogens with zero attached hydrogens (tertiary/aromatic N) is 1. The number of aliphatic hydroxyl groups excluding tert-OH is 1. The largest absolute Gasteiger partial charge is 0.394 e. The molecule has 0 fully saturated rings. The number of nitro benzene ring substituents is 1. The van der Waals surface area contributed by atoms with E-state index in [2.05, 4.69) is 5.32 Å². The number of hydrogen-bond acceptors (Lipinski definition) is 4. The first kappa shape index (κ1) is 15.0. The quantitative estimate of drug-likeness (QED) is 0.632. The van der Waals surface area contributed by atoms with Crippen molar-refractivity contribution in [3.8, 4) is 0 Å². The second-order valence-corrected chi connectivity index (χ2v) is 4.99. The molecule has 2 aromatic rings. The third-order valence-electron chi connectivity index (χ3n) is 3.28. The third kappa shape index (κ3) is 4.03. The minimum atomic E-state index is -0.428. The van der Waals surface area contributed by atoms with E-state index in [9.17, 15) is 15.2 Å². The number of hydrogen-bond donors (Lipinski definition) is 2. The van der Waals surface area contributed by atoms with E-state index >= 15 is 0 Å². The van der Waals surface area contributed by atoms with Crippen LogP contribution in [0.15, 0.2) is 48.5 Å². The van der Waals surface area contributed by atoms with Gasteiger partial charge in [0, 0.05) is 6.07 Å². The summed E-state index contributed by atoms with van der Waals surface area (Å²) < 4.78 is 0. The first-order valence-corrected chi connectivity index (χ1v) is 6.76. The van der Waals surface area contributed by atoms with E-state index in [0.717, 1.165) is 5.56 Å². The van der Waals surface area contributed by atoms with Crippen LogP contribution in [0.2, 0.25) is 0 Å². The molecule has 1 atom stereocenters. The Morgan fingerprint density at radius 2 is 1.86 bits per heavy atom. The Bertz CT molecular complexity index is 611. The SMILES string of the molecule is Cc1ccc(CC(CO)Nc2ccccc2[N+](=O)[O-])cc1. The molecular formula is C16H18N2O3. The molecule has 5 heteroatoms. The normalized spacial score (nSPS) is 11.9. The first-order valence-electron chi connectivity index (χ1n) is 6.76. The first-order chi connectivity index (χ1) is 10.1. The van der Waals surface area contributed by atoms with E-state index in [1.165, 1.54) is 11.6 Å². The Morgan fingerprint density at radius 1 is 1.19 bits per heavy atom. The van der Waals surface area contributed by atoms with Gasteiger partial charge in [0.2, 0.25) is 0 Å². The van der Waals surface area contributed by atoms with Crippen LogP contribution >= 0.6 is 0 Å². The number of rotatable bonds is 6. The van der Waals surface area contributed by atoms with Gasteiger partial charge in [0.1, 0.15) is 5.69 Å². The van der Waals surface area contributed by atoms with Crippen molar-refractivity contribution in [3.63, 3.8) is 0 Å². The van der Waals surface area contributed by atoms with Crippen molar-refractivity contribution < 1.29 is 10.0 Å². The fraction of sp³-hybridized carbons (Fsp3) is 0.250. The van der Waals surface area contributed by atoms with Crippen LogP contribution in [-0.4, -0.2) is 22.7 Å². The molecule has 2 rings (SSSR count). The standard InChI is InChI=1S/C16H18N2O3/c1-12-6-8-13(9-7-12)10-14(11-19)17-15-4-2-3-5-16(15)18(20)21/h2-9,14,17,19H,10-11H2,1H3. The number of nitrogens with one attached hydrogen (secondary N) is 1. The van der Waals surface area contributed by atoms with E-state index in [-0.39, 0.29) is 18.3 Å². The molecule has 5 nitrogen and oxygen atoms in total. The number of para-hydroxylation sites is 2. The lowest BCUT2D eigenvalue weighted by Gasteiger charge is -2.17. The lowest BCUT2D eigenvalue weighted by atomic mass is 10.0. The summed E-state index contributed by atoms with van der Waals surface area (Å²) in [5, 5.41) is 23.5. The zero-order chi connectivity index (χ0) is 15.2. The van der Waals surface area contributed by atoms with Gasteiger partial charge in [-0.25, -0.2) is 0 Å². The van der Waals surface area contributed by atoms with Crippen LogP contribution in [0.3, 0.4) is 0 Å². The Kier molecular flexibility index (Phi) is 4.90. The van der Waals surface area contributed by atoms with Crippen molar-refractivity contribution >= 4 is 11.4 Å². The molecule has 0 saturated heterocycles. The number of aliphatic hydroxyl groups is 1. The topological polar surface area (TPSA) is 75.4 Å². The average Bonchev–Trinajstić information content (AvgIpc) is 2.49. The minimum Gasteiger partial charge on any atom is -0.394 e. The van der Waals surface area contributed by atoms with Crippen LogP contribution in [0.4, 0.5) is 11.4 Å². The number of nitro groups is 1. The zero-order valence-corrected chi connectivity index (χ0v) is 11.8. The monoisotopic (exact) mass is 286 g/mol. The summed E-state index contributed by atoms with van der Waals surface area (Å²) in [5.41, 5.74) is 2.69. The van der Waals surface area contributed by atoms with Gasteiger partial charge in [-0.05, 0) is 25.0 Å². The summed E-state index contributed by atoms with van der Waals surface area (Å²) in [4.78, 5) is 10.6. The highest BCUT2D eigenvalue weighted by atomic mass is 16.6. The number of aryl methyl sites for hydroxylation is 1. The van der Waals surface area contributed by atoms with Crippen LogP contribution in [0.1, 0.15) is 11.1 Å². The van der Waals surface area contributed by atoms with E-state index in [1.807, 2.05) is 31.2 Å². The smallest absolute Gasteiger partial charge is 0.292 e. The Labute approximate surface area is 123 Å². The van der Waals surface area contributed by atoms with E-state index < -0.39 is 4.92 Å². The lowest BCUT2D eigenvalue weighted by molar-refractivity contribution is -0.384. The van der Waals surface area contributed by atoms with Gasteiger partial charge in [0.15, 0.2) is 0 Å². The van der Waals surface area contributed by atoms with Crippen molar-refractivity contribution in [1.82, 2.24) is 0 Å². The average molecular weight is 286 g/mol. The van der Waals surface area contributed by atoms with Gasteiger partial charge >= 0.3 is 0 Å². The van der Waals surface area contributed by atoms with Crippen LogP contribution < -0.4 is 5.32 Å². The number of benzene rings is 2. The van der Waals surface area contributed by atoms with Crippen LogP contribution in [0.5, 0.6) is 0 Å². The van der Waals surface area contributed by atoms with Gasteiger partial charge in [0.05, 0.1) is 17.6 Å². The van der Waals surface area contributed by atoms with E-state index in [1.54, 1.807) is 18.2 Å². The molecule has 0 aliphatic carbocycles. The molecule has 0 aliphatic rings. The molecule has 0 saturated carbocycles. The molecule has 1 unspecified atom stereocenters. The molecule has 0 radical (unpaired) electrons. The van der Waals surface area contributed by atoms with Crippen molar-refractivity contribution in [2.45, 2.75) is 19.4 Å². The summed E-state index contributed by atoms with van der Waals surface area (Å²) >= 11 is 0. The molecule has 2 aromatic carbocycles. The summed E-state index contributed by atoms with van der Waals surface area (Å²) in [7, 11) is 0. The van der Waals surface area contributed by atoms with E-state index in [0.29, 0.717) is 12.1 Å². The van der Waals surface area contributed by atoms with Crippen LogP contribution in [0.25, 0.3) is 0 Å². The van der Waals surface area contributed by atoms with Crippen LogP contribution in [0, 0.1) is 17.0 Å². The Balaban J connectivity index is 2.12. The molecule has 2 N–H and O–H groups in total. The Hall–Kier alpha value is -2.40. The van der Waals surface area contributed by atoms with Gasteiger partial charge in [-0.1, -0.05) is 42.0 Å². The highest BCUT2D eigenvalue weighted by molar-refractivity contribution is 5.61. The minimum absolute atomic E-state index is 0.0138. The second kappa shape index (κ2) is 6.85. The molecule has 0 spiro atoms. The molecule has 0 amide bonds. The van der Waals surface area contributed by atoms with Gasteiger partial charge in [0.25, 0.3) is 5.69 Å². The van der Waals surface area contributed by atoms with E-state index in [4.69, 9.17) is 0 Å². The molecule has 21 heavy (non-hydrogen) atoms. The maximum Gasteiger partial charge on any atom is 0.292 e. The Morgan fingerprint density at radius 3 is 2.48 bits per heavy atom. The van der Waals surface area contributed by atoms with Gasteiger partial charge in [-0.2, -0.15) is 0 Å². The summed E-state index contributed by atoms with van der Waals surface area (Å²) in [6.45, 7) is 1.92. The van der Waals surface area contributed by atoms with Gasteiger partial charge in [-0.3, -0.25) is 10.1 Å². The molecule has 0 bridgehead atoms. The summed E-state index contributed by atoms with van der Waals surface area (Å²) in [6, 6.07) is 14.2. The highest BCUT2D eigenvalue weighted by Crippen LogP contribution is 2.24. The fourth-order valence-corrected chi connectivity index (χ4v) is 2.14. The van der Waals surface area contributed by atoms with Crippen molar-refractivity contribution in [2.24, 2.45) is 0 Å². The predicted octanol–water partition coefficient (Wildman–Crippen LogP) is 2.92. The van der Waals surface area contributed by atoms with Crippen molar-refractivity contribution in [3.05, 3.63) is 69.8 Å². The molecular weight excluding hydrogens is 268 g/mol. The fourth-order valence-electron chi connectivity index (χ4n) is 2.14. The second-order valence-electron chi connectivity index (χ2n) is 4.99. The summed E-state index contributed by atoms with van der Waals surface area (Å²) in [5.74, 6) is 0. The molecule has 0 aliphatic heterocycles.